The lowest BCUT2D eigenvalue weighted by atomic mass is 10.0. The molecule has 3 aromatic rings. The molecule has 0 bridgehead atoms. The molecular formula is C21H25N4O2S+. The summed E-state index contributed by atoms with van der Waals surface area (Å²) in [5.41, 5.74) is 2.89. The number of rotatable bonds is 6. The number of hydrogen-bond donors (Lipinski definition) is 1. The highest BCUT2D eigenvalue weighted by Crippen LogP contribution is 2.18. The third-order valence-corrected chi connectivity index (χ3v) is 5.72. The second-order valence-electron chi connectivity index (χ2n) is 7.08. The lowest BCUT2D eigenvalue weighted by Crippen LogP contribution is -3.11. The summed E-state index contributed by atoms with van der Waals surface area (Å²) >= 11 is 5.60. The maximum absolute atomic E-state index is 5.87. The Morgan fingerprint density at radius 2 is 1.79 bits per heavy atom. The molecule has 0 spiro atoms. The van der Waals surface area contributed by atoms with Crippen LogP contribution in [-0.2, 0) is 33.3 Å². The predicted molar refractivity (Wildman–Crippen MR) is 109 cm³/mol. The summed E-state index contributed by atoms with van der Waals surface area (Å²) in [5.74, 6) is 2.40. The van der Waals surface area contributed by atoms with E-state index in [1.54, 1.807) is 7.11 Å². The van der Waals surface area contributed by atoms with Crippen LogP contribution < -0.4 is 14.4 Å². The lowest BCUT2D eigenvalue weighted by Gasteiger charge is -2.25. The smallest absolute Gasteiger partial charge is 0.202 e. The van der Waals surface area contributed by atoms with Crippen molar-refractivity contribution in [3.05, 3.63) is 70.3 Å². The second kappa shape index (κ2) is 8.16. The first-order chi connectivity index (χ1) is 13.6. The maximum atomic E-state index is 5.87. The van der Waals surface area contributed by atoms with E-state index in [0.717, 1.165) is 48.3 Å². The van der Waals surface area contributed by atoms with Crippen LogP contribution >= 0.6 is 12.2 Å². The Kier molecular flexibility index (Phi) is 5.45. The van der Waals surface area contributed by atoms with E-state index < -0.39 is 0 Å². The summed E-state index contributed by atoms with van der Waals surface area (Å²) < 4.78 is 15.6. The molecule has 0 aliphatic carbocycles. The molecule has 7 heteroatoms. The van der Waals surface area contributed by atoms with E-state index in [1.807, 2.05) is 40.6 Å². The fraction of sp³-hybridized carbons (Fsp3) is 0.333. The molecular weight excluding hydrogens is 372 g/mol. The Morgan fingerprint density at radius 3 is 2.54 bits per heavy atom. The van der Waals surface area contributed by atoms with E-state index in [4.69, 9.17) is 26.8 Å². The van der Waals surface area contributed by atoms with E-state index in [-0.39, 0.29) is 0 Å². The van der Waals surface area contributed by atoms with E-state index in [9.17, 15) is 0 Å². The van der Waals surface area contributed by atoms with Gasteiger partial charge in [-0.25, -0.2) is 0 Å². The SMILES string of the molecule is COc1ccc(OCc2nn(C[NH+]3CCc4ccccc4C3)c(=S)n2C)cc1. The summed E-state index contributed by atoms with van der Waals surface area (Å²) in [7, 11) is 3.59. The molecule has 2 aromatic carbocycles. The van der Waals surface area contributed by atoms with Crippen molar-refractivity contribution in [2.75, 3.05) is 13.7 Å². The number of ether oxygens (including phenoxy) is 2. The number of methoxy groups -OCH3 is 1. The molecule has 1 atom stereocenters. The summed E-state index contributed by atoms with van der Waals surface area (Å²) in [5, 5.41) is 4.71. The Balaban J connectivity index is 1.43. The zero-order chi connectivity index (χ0) is 19.5. The molecule has 0 saturated carbocycles. The van der Waals surface area contributed by atoms with Gasteiger partial charge in [0, 0.05) is 19.0 Å². The fourth-order valence-corrected chi connectivity index (χ4v) is 3.78. The molecule has 0 saturated heterocycles. The van der Waals surface area contributed by atoms with Crippen molar-refractivity contribution < 1.29 is 14.4 Å². The van der Waals surface area contributed by atoms with Crippen LogP contribution in [-0.4, -0.2) is 28.0 Å². The number of quaternary nitrogens is 1. The number of nitrogens with zero attached hydrogens (tertiary/aromatic N) is 3. The minimum atomic E-state index is 0.373. The van der Waals surface area contributed by atoms with Gasteiger partial charge in [-0.15, -0.1) is 5.10 Å². The molecule has 0 radical (unpaired) electrons. The van der Waals surface area contributed by atoms with Crippen LogP contribution in [0.15, 0.2) is 48.5 Å². The first-order valence-electron chi connectivity index (χ1n) is 9.44. The van der Waals surface area contributed by atoms with Crippen LogP contribution in [0, 0.1) is 4.77 Å². The molecule has 1 unspecified atom stereocenters. The Bertz CT molecular complexity index is 1010. The Morgan fingerprint density at radius 1 is 1.07 bits per heavy atom. The van der Waals surface area contributed by atoms with Crippen LogP contribution in [0.1, 0.15) is 17.0 Å². The second-order valence-corrected chi connectivity index (χ2v) is 7.44. The molecule has 2 heterocycles. The van der Waals surface area contributed by atoms with Gasteiger partial charge < -0.3 is 18.9 Å². The van der Waals surface area contributed by atoms with Gasteiger partial charge in [0.25, 0.3) is 0 Å². The van der Waals surface area contributed by atoms with Gasteiger partial charge in [0.15, 0.2) is 12.5 Å². The Hall–Kier alpha value is -2.64. The average molecular weight is 398 g/mol. The minimum Gasteiger partial charge on any atom is -0.497 e. The van der Waals surface area contributed by atoms with E-state index >= 15 is 0 Å². The molecule has 1 aliphatic rings. The van der Waals surface area contributed by atoms with Gasteiger partial charge in [0.2, 0.25) is 4.77 Å². The van der Waals surface area contributed by atoms with Crippen molar-refractivity contribution >= 4 is 12.2 Å². The molecule has 0 fully saturated rings. The van der Waals surface area contributed by atoms with E-state index in [1.165, 1.54) is 16.0 Å². The third kappa shape index (κ3) is 3.95. The van der Waals surface area contributed by atoms with Crippen molar-refractivity contribution in [3.8, 4) is 11.5 Å². The minimum absolute atomic E-state index is 0.373. The van der Waals surface area contributed by atoms with E-state index in [0.29, 0.717) is 6.61 Å². The molecule has 28 heavy (non-hydrogen) atoms. The standard InChI is InChI=1S/C21H24N4O2S/c1-23-20(14-27-19-9-7-18(26-2)8-10-19)22-25(21(23)28)15-24-12-11-16-5-3-4-6-17(16)13-24/h3-10H,11-15H2,1-2H3/p+1. The molecule has 1 aromatic heterocycles. The average Bonchev–Trinajstić information content (AvgIpc) is 3.00. The van der Waals surface area contributed by atoms with Gasteiger partial charge in [0.1, 0.15) is 24.7 Å². The van der Waals surface area contributed by atoms with Crippen LogP contribution in [0.2, 0.25) is 0 Å². The normalized spacial score (nSPS) is 15.9. The van der Waals surface area contributed by atoms with Crippen LogP contribution in [0.3, 0.4) is 0 Å². The molecule has 6 nitrogen and oxygen atoms in total. The third-order valence-electron chi connectivity index (χ3n) is 5.24. The van der Waals surface area contributed by atoms with Crippen molar-refractivity contribution in [3.63, 3.8) is 0 Å². The summed E-state index contributed by atoms with van der Waals surface area (Å²) in [6, 6.07) is 16.2. The molecule has 4 rings (SSSR count). The largest absolute Gasteiger partial charge is 0.497 e. The highest BCUT2D eigenvalue weighted by molar-refractivity contribution is 7.71. The molecule has 0 amide bonds. The summed E-state index contributed by atoms with van der Waals surface area (Å²) in [6.45, 7) is 3.24. The maximum Gasteiger partial charge on any atom is 0.202 e. The number of fused-ring (bicyclic) bond motifs is 1. The van der Waals surface area contributed by atoms with Gasteiger partial charge >= 0.3 is 0 Å². The van der Waals surface area contributed by atoms with Crippen molar-refractivity contribution in [2.24, 2.45) is 7.05 Å². The van der Waals surface area contributed by atoms with Crippen molar-refractivity contribution in [1.82, 2.24) is 14.3 Å². The highest BCUT2D eigenvalue weighted by atomic mass is 32.1. The van der Waals surface area contributed by atoms with E-state index in [2.05, 4.69) is 24.3 Å². The fourth-order valence-electron chi connectivity index (χ4n) is 3.57. The van der Waals surface area contributed by atoms with Crippen LogP contribution in [0.5, 0.6) is 11.5 Å². The number of hydrogen-bond acceptors (Lipinski definition) is 4. The molecule has 1 aliphatic heterocycles. The summed E-state index contributed by atoms with van der Waals surface area (Å²) in [6.07, 6.45) is 1.10. The first kappa shape index (κ1) is 18.7. The number of benzene rings is 2. The van der Waals surface area contributed by atoms with Gasteiger partial charge in [-0.05, 0) is 42.0 Å². The van der Waals surface area contributed by atoms with Gasteiger partial charge in [-0.3, -0.25) is 0 Å². The lowest BCUT2D eigenvalue weighted by molar-refractivity contribution is -0.939. The molecule has 1 N–H and O–H groups in total. The highest BCUT2D eigenvalue weighted by Gasteiger charge is 2.20. The first-order valence-corrected chi connectivity index (χ1v) is 9.85. The van der Waals surface area contributed by atoms with Gasteiger partial charge in [-0.2, -0.15) is 4.68 Å². The van der Waals surface area contributed by atoms with Crippen LogP contribution in [0.4, 0.5) is 0 Å². The number of nitrogens with one attached hydrogen (secondary N) is 1. The zero-order valence-corrected chi connectivity index (χ0v) is 17.0. The molecule has 146 valence electrons. The van der Waals surface area contributed by atoms with Crippen molar-refractivity contribution in [2.45, 2.75) is 26.2 Å². The zero-order valence-electron chi connectivity index (χ0n) is 16.2. The topological polar surface area (TPSA) is 45.6 Å². The predicted octanol–water partition coefficient (Wildman–Crippen LogP) is 2.14. The van der Waals surface area contributed by atoms with Gasteiger partial charge in [0.05, 0.1) is 13.7 Å². The van der Waals surface area contributed by atoms with Crippen molar-refractivity contribution in [1.29, 1.82) is 0 Å². The monoisotopic (exact) mass is 397 g/mol. The summed E-state index contributed by atoms with van der Waals surface area (Å²) in [4.78, 5) is 1.47. The van der Waals surface area contributed by atoms with Crippen LogP contribution in [0.25, 0.3) is 0 Å². The number of aromatic nitrogens is 3. The quantitative estimate of drug-likeness (QED) is 0.648. The Labute approximate surface area is 169 Å². The van der Waals surface area contributed by atoms with Gasteiger partial charge in [-0.1, -0.05) is 24.3 Å².